The lowest BCUT2D eigenvalue weighted by atomic mass is 10.1. The first-order valence-electron chi connectivity index (χ1n) is 5.94. The van der Waals surface area contributed by atoms with Gasteiger partial charge in [0, 0.05) is 11.8 Å². The molecule has 1 aromatic carbocycles. The highest BCUT2D eigenvalue weighted by molar-refractivity contribution is 5.60. The molecule has 0 aliphatic rings. The minimum atomic E-state index is -4.33. The van der Waals surface area contributed by atoms with Crippen LogP contribution in [0, 0.1) is 6.92 Å². The molecule has 0 bridgehead atoms. The summed E-state index contributed by atoms with van der Waals surface area (Å²) < 4.78 is 39.4. The Hall–Kier alpha value is -2.37. The van der Waals surface area contributed by atoms with Gasteiger partial charge in [0.15, 0.2) is 11.5 Å². The highest BCUT2D eigenvalue weighted by Crippen LogP contribution is 2.30. The summed E-state index contributed by atoms with van der Waals surface area (Å²) in [5, 5.41) is 8.03. The average Bonchev–Trinajstić information content (AvgIpc) is 2.81. The fourth-order valence-electron chi connectivity index (χ4n) is 2.00. The zero-order valence-electron chi connectivity index (χ0n) is 10.5. The van der Waals surface area contributed by atoms with Crippen LogP contribution in [0.2, 0.25) is 0 Å². The standard InChI is InChI=1S/C14H10F3N3/c1-9-2-7-12-18-19-13(20(12)8-9)10-3-5-11(6-4-10)14(15,16)17/h2-8H,1H3. The molecule has 0 saturated carbocycles. The maximum Gasteiger partial charge on any atom is 0.416 e. The molecule has 0 saturated heterocycles. The van der Waals surface area contributed by atoms with Gasteiger partial charge >= 0.3 is 6.18 Å². The zero-order valence-corrected chi connectivity index (χ0v) is 10.5. The van der Waals surface area contributed by atoms with Gasteiger partial charge in [0.2, 0.25) is 0 Å². The Bertz CT molecular complexity index is 757. The van der Waals surface area contributed by atoms with Crippen LogP contribution in [-0.4, -0.2) is 14.6 Å². The summed E-state index contributed by atoms with van der Waals surface area (Å²) >= 11 is 0. The van der Waals surface area contributed by atoms with Crippen LogP contribution >= 0.6 is 0 Å². The van der Waals surface area contributed by atoms with Gasteiger partial charge in [-0.1, -0.05) is 18.2 Å². The van der Waals surface area contributed by atoms with Crippen molar-refractivity contribution in [3.8, 4) is 11.4 Å². The van der Waals surface area contributed by atoms with E-state index in [9.17, 15) is 13.2 Å². The van der Waals surface area contributed by atoms with Crippen molar-refractivity contribution in [2.24, 2.45) is 0 Å². The van der Waals surface area contributed by atoms with Gasteiger partial charge in [-0.3, -0.25) is 4.40 Å². The van der Waals surface area contributed by atoms with Gasteiger partial charge in [0.05, 0.1) is 5.56 Å². The van der Waals surface area contributed by atoms with E-state index in [4.69, 9.17) is 0 Å². The molecule has 20 heavy (non-hydrogen) atoms. The molecule has 0 amide bonds. The lowest BCUT2D eigenvalue weighted by Gasteiger charge is -2.07. The molecule has 2 aromatic heterocycles. The first kappa shape index (κ1) is 12.7. The minimum Gasteiger partial charge on any atom is -0.282 e. The van der Waals surface area contributed by atoms with Crippen molar-refractivity contribution in [2.45, 2.75) is 13.1 Å². The number of hydrogen-bond donors (Lipinski definition) is 0. The molecule has 102 valence electrons. The van der Waals surface area contributed by atoms with Crippen molar-refractivity contribution in [2.75, 3.05) is 0 Å². The van der Waals surface area contributed by atoms with Crippen LogP contribution in [0.5, 0.6) is 0 Å². The third-order valence-corrected chi connectivity index (χ3v) is 3.02. The molecule has 0 aliphatic carbocycles. The summed E-state index contributed by atoms with van der Waals surface area (Å²) in [5.41, 5.74) is 1.60. The summed E-state index contributed by atoms with van der Waals surface area (Å²) in [6.07, 6.45) is -2.48. The number of halogens is 3. The van der Waals surface area contributed by atoms with Crippen molar-refractivity contribution >= 4 is 5.65 Å². The van der Waals surface area contributed by atoms with E-state index in [0.29, 0.717) is 17.0 Å². The molecule has 3 rings (SSSR count). The smallest absolute Gasteiger partial charge is 0.282 e. The lowest BCUT2D eigenvalue weighted by Crippen LogP contribution is -2.04. The second kappa shape index (κ2) is 4.33. The Balaban J connectivity index is 2.09. The lowest BCUT2D eigenvalue weighted by molar-refractivity contribution is -0.137. The van der Waals surface area contributed by atoms with Crippen molar-refractivity contribution in [3.63, 3.8) is 0 Å². The van der Waals surface area contributed by atoms with Crippen LogP contribution in [0.15, 0.2) is 42.6 Å². The number of rotatable bonds is 1. The number of benzene rings is 1. The summed E-state index contributed by atoms with van der Waals surface area (Å²) in [6, 6.07) is 8.62. The van der Waals surface area contributed by atoms with Crippen molar-refractivity contribution in [1.82, 2.24) is 14.6 Å². The Kier molecular flexibility index (Phi) is 2.74. The largest absolute Gasteiger partial charge is 0.416 e. The van der Waals surface area contributed by atoms with E-state index in [1.165, 1.54) is 12.1 Å². The number of hydrogen-bond acceptors (Lipinski definition) is 2. The number of alkyl halides is 3. The molecule has 0 aliphatic heterocycles. The van der Waals surface area contributed by atoms with Gasteiger partial charge in [0.1, 0.15) is 0 Å². The molecule has 0 atom stereocenters. The highest BCUT2D eigenvalue weighted by Gasteiger charge is 2.30. The van der Waals surface area contributed by atoms with Crippen LogP contribution in [0.4, 0.5) is 13.2 Å². The van der Waals surface area contributed by atoms with Gasteiger partial charge in [-0.05, 0) is 30.7 Å². The monoisotopic (exact) mass is 277 g/mol. The number of aryl methyl sites for hydroxylation is 1. The third-order valence-electron chi connectivity index (χ3n) is 3.02. The van der Waals surface area contributed by atoms with Crippen molar-refractivity contribution < 1.29 is 13.2 Å². The topological polar surface area (TPSA) is 30.2 Å². The first-order chi connectivity index (χ1) is 9.45. The van der Waals surface area contributed by atoms with E-state index in [-0.39, 0.29) is 0 Å². The molecule has 2 heterocycles. The molecule has 3 aromatic rings. The van der Waals surface area contributed by atoms with E-state index >= 15 is 0 Å². The average molecular weight is 277 g/mol. The molecule has 3 nitrogen and oxygen atoms in total. The van der Waals surface area contributed by atoms with E-state index in [1.807, 2.05) is 25.3 Å². The van der Waals surface area contributed by atoms with Crippen LogP contribution in [0.3, 0.4) is 0 Å². The fraction of sp³-hybridized carbons (Fsp3) is 0.143. The number of fused-ring (bicyclic) bond motifs is 1. The second-order valence-electron chi connectivity index (χ2n) is 4.53. The summed E-state index contributed by atoms with van der Waals surface area (Å²) in [6.45, 7) is 1.93. The Morgan fingerprint density at radius 3 is 2.30 bits per heavy atom. The molecule has 0 N–H and O–H groups in total. The fourth-order valence-corrected chi connectivity index (χ4v) is 2.00. The van der Waals surface area contributed by atoms with E-state index in [1.54, 1.807) is 4.40 Å². The van der Waals surface area contributed by atoms with Crippen LogP contribution < -0.4 is 0 Å². The Morgan fingerprint density at radius 2 is 1.65 bits per heavy atom. The molecule has 0 radical (unpaired) electrons. The predicted molar refractivity (Wildman–Crippen MR) is 68.2 cm³/mol. The third kappa shape index (κ3) is 2.13. The summed E-state index contributed by atoms with van der Waals surface area (Å²) in [7, 11) is 0. The normalized spacial score (nSPS) is 12.0. The minimum absolute atomic E-state index is 0.525. The summed E-state index contributed by atoms with van der Waals surface area (Å²) in [5.74, 6) is 0.525. The highest BCUT2D eigenvalue weighted by atomic mass is 19.4. The van der Waals surface area contributed by atoms with E-state index in [0.717, 1.165) is 17.7 Å². The van der Waals surface area contributed by atoms with E-state index < -0.39 is 11.7 Å². The van der Waals surface area contributed by atoms with Crippen LogP contribution in [0.1, 0.15) is 11.1 Å². The quantitative estimate of drug-likeness (QED) is 0.678. The maximum atomic E-state index is 12.5. The van der Waals surface area contributed by atoms with Crippen LogP contribution in [-0.2, 0) is 6.18 Å². The van der Waals surface area contributed by atoms with Gasteiger partial charge in [-0.15, -0.1) is 10.2 Å². The Morgan fingerprint density at radius 1 is 0.950 bits per heavy atom. The van der Waals surface area contributed by atoms with Gasteiger partial charge < -0.3 is 0 Å². The SMILES string of the molecule is Cc1ccc2nnc(-c3ccc(C(F)(F)F)cc3)n2c1. The maximum absolute atomic E-state index is 12.5. The molecular formula is C14H10F3N3. The second-order valence-corrected chi connectivity index (χ2v) is 4.53. The number of aromatic nitrogens is 3. The number of nitrogens with zero attached hydrogens (tertiary/aromatic N) is 3. The van der Waals surface area contributed by atoms with Gasteiger partial charge in [0.25, 0.3) is 0 Å². The van der Waals surface area contributed by atoms with Crippen molar-refractivity contribution in [3.05, 3.63) is 53.7 Å². The molecule has 0 unspecified atom stereocenters. The number of pyridine rings is 1. The predicted octanol–water partition coefficient (Wildman–Crippen LogP) is 3.72. The first-order valence-corrected chi connectivity index (χ1v) is 5.94. The van der Waals surface area contributed by atoms with Crippen LogP contribution in [0.25, 0.3) is 17.0 Å². The van der Waals surface area contributed by atoms with Gasteiger partial charge in [-0.2, -0.15) is 13.2 Å². The Labute approximate surface area is 112 Å². The van der Waals surface area contributed by atoms with Crippen molar-refractivity contribution in [1.29, 1.82) is 0 Å². The molecule has 0 spiro atoms. The molecule has 6 heteroatoms. The summed E-state index contributed by atoms with van der Waals surface area (Å²) in [4.78, 5) is 0. The van der Waals surface area contributed by atoms with E-state index in [2.05, 4.69) is 10.2 Å². The molecule has 0 fully saturated rings. The zero-order chi connectivity index (χ0) is 14.3. The molecular weight excluding hydrogens is 267 g/mol. The van der Waals surface area contributed by atoms with Gasteiger partial charge in [-0.25, -0.2) is 0 Å².